The van der Waals surface area contributed by atoms with Gasteiger partial charge in [-0.1, -0.05) is 47.6 Å². The molecule has 1 aliphatic heterocycles. The molecule has 1 nitrogen and oxygen atoms in total. The van der Waals surface area contributed by atoms with E-state index in [2.05, 4.69) is 59.0 Å². The van der Waals surface area contributed by atoms with E-state index in [1.54, 1.807) is 0 Å². The van der Waals surface area contributed by atoms with Crippen molar-refractivity contribution in [3.8, 4) is 0 Å². The van der Waals surface area contributed by atoms with Gasteiger partial charge in [0.2, 0.25) is 0 Å². The predicted octanol–water partition coefficient (Wildman–Crippen LogP) is 4.25. The van der Waals surface area contributed by atoms with E-state index in [0.717, 1.165) is 6.54 Å². The third-order valence-corrected chi connectivity index (χ3v) is 3.61. The van der Waals surface area contributed by atoms with Crippen LogP contribution in [-0.4, -0.2) is 6.54 Å². The van der Waals surface area contributed by atoms with E-state index in [1.807, 2.05) is 0 Å². The van der Waals surface area contributed by atoms with Crippen molar-refractivity contribution in [3.63, 3.8) is 0 Å². The summed E-state index contributed by atoms with van der Waals surface area (Å²) in [7, 11) is 0. The van der Waals surface area contributed by atoms with Gasteiger partial charge in [0.25, 0.3) is 0 Å². The topological polar surface area (TPSA) is 12.0 Å². The molecule has 1 aliphatic rings. The van der Waals surface area contributed by atoms with Gasteiger partial charge in [0.1, 0.15) is 0 Å². The molecule has 0 aliphatic carbocycles. The Hall–Kier alpha value is -0.980. The lowest BCUT2D eigenvalue weighted by atomic mass is 9.78. The summed E-state index contributed by atoms with van der Waals surface area (Å²) in [6.45, 7) is 14.9. The van der Waals surface area contributed by atoms with Crippen LogP contribution in [0, 0.1) is 0 Å². The van der Waals surface area contributed by atoms with Gasteiger partial charge in [-0.3, -0.25) is 0 Å². The van der Waals surface area contributed by atoms with Gasteiger partial charge in [-0.2, -0.15) is 0 Å². The van der Waals surface area contributed by atoms with Gasteiger partial charge in [-0.15, -0.1) is 0 Å². The standard InChI is InChI=1S/C16H25N/c1-15(2,3)11-9-13(16(4,5)6)12-7-8-17-14(12)10-11/h9-10,17H,7-8H2,1-6H3. The largest absolute Gasteiger partial charge is 0.384 e. The molecule has 0 saturated heterocycles. The van der Waals surface area contributed by atoms with Gasteiger partial charge >= 0.3 is 0 Å². The van der Waals surface area contributed by atoms with Crippen molar-refractivity contribution in [1.82, 2.24) is 0 Å². The number of fused-ring (bicyclic) bond motifs is 1. The lowest BCUT2D eigenvalue weighted by molar-refractivity contribution is 0.565. The van der Waals surface area contributed by atoms with Gasteiger partial charge in [-0.25, -0.2) is 0 Å². The first kappa shape index (κ1) is 12.5. The average Bonchev–Trinajstić information content (AvgIpc) is 2.59. The van der Waals surface area contributed by atoms with Crippen LogP contribution in [0.2, 0.25) is 0 Å². The molecule has 0 amide bonds. The van der Waals surface area contributed by atoms with E-state index in [0.29, 0.717) is 0 Å². The van der Waals surface area contributed by atoms with Crippen LogP contribution in [0.1, 0.15) is 58.2 Å². The van der Waals surface area contributed by atoms with Crippen molar-refractivity contribution in [2.24, 2.45) is 0 Å². The van der Waals surface area contributed by atoms with Crippen molar-refractivity contribution >= 4 is 5.69 Å². The number of anilines is 1. The molecule has 94 valence electrons. The second-order valence-corrected chi connectivity index (χ2v) is 7.23. The van der Waals surface area contributed by atoms with Crippen LogP contribution in [-0.2, 0) is 17.3 Å². The van der Waals surface area contributed by atoms with Gasteiger partial charge in [0, 0.05) is 12.2 Å². The third-order valence-electron chi connectivity index (χ3n) is 3.61. The molecule has 0 aromatic heterocycles. The number of rotatable bonds is 0. The summed E-state index contributed by atoms with van der Waals surface area (Å²) in [5.74, 6) is 0. The highest BCUT2D eigenvalue weighted by Crippen LogP contribution is 2.38. The zero-order chi connectivity index (χ0) is 12.8. The molecule has 0 unspecified atom stereocenters. The lowest BCUT2D eigenvalue weighted by Gasteiger charge is -2.27. The Morgan fingerprint density at radius 2 is 1.59 bits per heavy atom. The fourth-order valence-corrected chi connectivity index (χ4v) is 2.52. The van der Waals surface area contributed by atoms with Crippen molar-refractivity contribution in [2.45, 2.75) is 58.8 Å². The molecule has 1 aromatic carbocycles. The average molecular weight is 231 g/mol. The van der Waals surface area contributed by atoms with E-state index in [-0.39, 0.29) is 10.8 Å². The second kappa shape index (κ2) is 3.76. The lowest BCUT2D eigenvalue weighted by Crippen LogP contribution is -2.18. The molecule has 0 fully saturated rings. The molecular formula is C16H25N. The van der Waals surface area contributed by atoms with Crippen LogP contribution in [0.15, 0.2) is 12.1 Å². The Morgan fingerprint density at radius 1 is 0.941 bits per heavy atom. The first-order chi connectivity index (χ1) is 7.69. The number of benzene rings is 1. The Labute approximate surface area is 106 Å². The molecule has 0 saturated carbocycles. The summed E-state index contributed by atoms with van der Waals surface area (Å²) in [5, 5.41) is 3.53. The van der Waals surface area contributed by atoms with Crippen LogP contribution in [0.3, 0.4) is 0 Å². The smallest absolute Gasteiger partial charge is 0.0379 e. The first-order valence-electron chi connectivity index (χ1n) is 6.61. The highest BCUT2D eigenvalue weighted by atomic mass is 14.9. The molecule has 17 heavy (non-hydrogen) atoms. The SMILES string of the molecule is CC(C)(C)c1cc2c(c(C(C)(C)C)c1)CCN2. The Balaban J connectivity index is 2.62. The molecule has 1 heteroatoms. The van der Waals surface area contributed by atoms with Crippen LogP contribution in [0.5, 0.6) is 0 Å². The molecular weight excluding hydrogens is 206 g/mol. The minimum Gasteiger partial charge on any atom is -0.384 e. The molecule has 1 heterocycles. The van der Waals surface area contributed by atoms with E-state index < -0.39 is 0 Å². The van der Waals surface area contributed by atoms with E-state index in [4.69, 9.17) is 0 Å². The van der Waals surface area contributed by atoms with Crippen LogP contribution in [0.4, 0.5) is 5.69 Å². The zero-order valence-electron chi connectivity index (χ0n) is 12.1. The minimum atomic E-state index is 0.222. The van der Waals surface area contributed by atoms with Crippen molar-refractivity contribution in [3.05, 3.63) is 28.8 Å². The number of nitrogens with one attached hydrogen (secondary N) is 1. The van der Waals surface area contributed by atoms with Crippen LogP contribution < -0.4 is 5.32 Å². The van der Waals surface area contributed by atoms with Crippen LogP contribution >= 0.6 is 0 Å². The Morgan fingerprint density at radius 3 is 2.12 bits per heavy atom. The van der Waals surface area contributed by atoms with Crippen molar-refractivity contribution < 1.29 is 0 Å². The van der Waals surface area contributed by atoms with E-state index >= 15 is 0 Å². The molecule has 0 radical (unpaired) electrons. The fourth-order valence-electron chi connectivity index (χ4n) is 2.52. The van der Waals surface area contributed by atoms with Crippen molar-refractivity contribution in [1.29, 1.82) is 0 Å². The predicted molar refractivity (Wildman–Crippen MR) is 76.0 cm³/mol. The summed E-state index contributed by atoms with van der Waals surface area (Å²) in [5.41, 5.74) is 6.31. The zero-order valence-corrected chi connectivity index (χ0v) is 12.1. The first-order valence-corrected chi connectivity index (χ1v) is 6.61. The molecule has 0 spiro atoms. The summed E-state index contributed by atoms with van der Waals surface area (Å²) in [4.78, 5) is 0. The highest BCUT2D eigenvalue weighted by Gasteiger charge is 2.26. The third kappa shape index (κ3) is 2.34. The summed E-state index contributed by atoms with van der Waals surface area (Å²) in [6, 6.07) is 4.77. The summed E-state index contributed by atoms with van der Waals surface area (Å²) >= 11 is 0. The van der Waals surface area contributed by atoms with Gasteiger partial charge < -0.3 is 5.32 Å². The molecule has 0 atom stereocenters. The summed E-state index contributed by atoms with van der Waals surface area (Å²) in [6.07, 6.45) is 1.17. The Kier molecular flexibility index (Phi) is 2.76. The maximum Gasteiger partial charge on any atom is 0.0379 e. The summed E-state index contributed by atoms with van der Waals surface area (Å²) < 4.78 is 0. The minimum absolute atomic E-state index is 0.222. The number of hydrogen-bond donors (Lipinski definition) is 1. The maximum absolute atomic E-state index is 3.53. The van der Waals surface area contributed by atoms with E-state index in [9.17, 15) is 0 Å². The molecule has 1 N–H and O–H groups in total. The maximum atomic E-state index is 3.53. The van der Waals surface area contributed by atoms with Gasteiger partial charge in [0.05, 0.1) is 0 Å². The van der Waals surface area contributed by atoms with Gasteiger partial charge in [0.15, 0.2) is 0 Å². The van der Waals surface area contributed by atoms with Crippen LogP contribution in [0.25, 0.3) is 0 Å². The second-order valence-electron chi connectivity index (χ2n) is 7.23. The Bertz CT molecular complexity index is 430. The molecule has 2 rings (SSSR count). The number of hydrogen-bond acceptors (Lipinski definition) is 1. The normalized spacial score (nSPS) is 15.6. The molecule has 1 aromatic rings. The quantitative estimate of drug-likeness (QED) is 0.704. The van der Waals surface area contributed by atoms with E-state index in [1.165, 1.54) is 28.8 Å². The fraction of sp³-hybridized carbons (Fsp3) is 0.625. The monoisotopic (exact) mass is 231 g/mol. The highest BCUT2D eigenvalue weighted by molar-refractivity contribution is 5.62. The van der Waals surface area contributed by atoms with Gasteiger partial charge in [-0.05, 0) is 40.0 Å². The molecule has 0 bridgehead atoms. The van der Waals surface area contributed by atoms with Crippen molar-refractivity contribution in [2.75, 3.05) is 11.9 Å².